The zero-order valence-electron chi connectivity index (χ0n) is 14.0. The normalized spacial score (nSPS) is 10.9. The minimum Gasteiger partial charge on any atom is -0.493 e. The number of thiazole rings is 1. The van der Waals surface area contributed by atoms with Gasteiger partial charge in [-0.3, -0.25) is 10.1 Å². The van der Waals surface area contributed by atoms with Gasteiger partial charge in [0, 0.05) is 15.8 Å². The van der Waals surface area contributed by atoms with Crippen molar-refractivity contribution in [1.82, 2.24) is 4.98 Å². The number of furan rings is 1. The molecule has 0 atom stereocenters. The second-order valence-corrected chi connectivity index (χ2v) is 7.31. The average molecular weight is 419 g/mol. The molecule has 2 aromatic heterocycles. The third kappa shape index (κ3) is 3.51. The van der Waals surface area contributed by atoms with Crippen LogP contribution in [0.1, 0.15) is 10.4 Å². The van der Waals surface area contributed by atoms with E-state index >= 15 is 0 Å². The van der Waals surface area contributed by atoms with Crippen molar-refractivity contribution < 1.29 is 13.9 Å². The molecule has 0 aliphatic heterocycles. The topological polar surface area (TPSA) is 64.4 Å². The summed E-state index contributed by atoms with van der Waals surface area (Å²) in [4.78, 5) is 16.9. The molecule has 1 N–H and O–H groups in total. The van der Waals surface area contributed by atoms with Crippen molar-refractivity contribution in [2.45, 2.75) is 0 Å². The number of rotatable bonds is 4. The Bertz CT molecular complexity index is 1150. The highest BCUT2D eigenvalue weighted by atomic mass is 35.5. The predicted octanol–water partition coefficient (Wildman–Crippen LogP) is 6.12. The van der Waals surface area contributed by atoms with E-state index in [1.807, 2.05) is 24.3 Å². The highest BCUT2D eigenvalue weighted by molar-refractivity contribution is 7.14. The summed E-state index contributed by atoms with van der Waals surface area (Å²) in [5, 5.41) is 6.63. The molecule has 0 bridgehead atoms. The Labute approximate surface area is 168 Å². The molecule has 0 aliphatic rings. The van der Waals surface area contributed by atoms with Gasteiger partial charge in [0.25, 0.3) is 5.91 Å². The summed E-state index contributed by atoms with van der Waals surface area (Å²) in [5.74, 6) is 0.861. The van der Waals surface area contributed by atoms with Crippen LogP contribution in [-0.2, 0) is 0 Å². The molecular formula is C19H12Cl2N2O3S. The number of hydrogen-bond acceptors (Lipinski definition) is 5. The zero-order valence-corrected chi connectivity index (χ0v) is 16.3. The molecule has 0 spiro atoms. The fraction of sp³-hybridized carbons (Fsp3) is 0.0526. The van der Waals surface area contributed by atoms with E-state index in [9.17, 15) is 4.79 Å². The third-order valence-electron chi connectivity index (χ3n) is 3.88. The number of hydrogen-bond donors (Lipinski definition) is 1. The van der Waals surface area contributed by atoms with Crippen molar-refractivity contribution in [3.8, 4) is 17.2 Å². The van der Waals surface area contributed by atoms with Crippen molar-refractivity contribution in [2.75, 3.05) is 12.4 Å². The summed E-state index contributed by atoms with van der Waals surface area (Å²) in [6.45, 7) is 0. The van der Waals surface area contributed by atoms with E-state index in [4.69, 9.17) is 32.4 Å². The van der Waals surface area contributed by atoms with Crippen LogP contribution in [-0.4, -0.2) is 18.0 Å². The van der Waals surface area contributed by atoms with Gasteiger partial charge < -0.3 is 9.15 Å². The maximum atomic E-state index is 12.4. The van der Waals surface area contributed by atoms with Gasteiger partial charge in [-0.05, 0) is 30.3 Å². The number of anilines is 1. The van der Waals surface area contributed by atoms with E-state index in [0.717, 1.165) is 5.39 Å². The van der Waals surface area contributed by atoms with Crippen LogP contribution in [0.2, 0.25) is 10.0 Å². The molecule has 0 radical (unpaired) electrons. The first-order valence-corrected chi connectivity index (χ1v) is 9.47. The number of aromatic nitrogens is 1. The maximum Gasteiger partial charge on any atom is 0.259 e. The van der Waals surface area contributed by atoms with Crippen LogP contribution >= 0.6 is 34.5 Å². The fourth-order valence-corrected chi connectivity index (χ4v) is 3.67. The fourth-order valence-electron chi connectivity index (χ4n) is 2.60. The van der Waals surface area contributed by atoms with Crippen LogP contribution in [0, 0.1) is 0 Å². The summed E-state index contributed by atoms with van der Waals surface area (Å²) in [6.07, 6.45) is 0. The van der Waals surface area contributed by atoms with Crippen LogP contribution < -0.4 is 10.1 Å². The summed E-state index contributed by atoms with van der Waals surface area (Å²) >= 11 is 13.3. The molecule has 0 aliphatic carbocycles. The lowest BCUT2D eigenvalue weighted by molar-refractivity contribution is 0.102. The Hall–Kier alpha value is -2.54. The molecule has 2 heterocycles. The number of ether oxygens (including phenoxy) is 1. The molecule has 8 heteroatoms. The van der Waals surface area contributed by atoms with Crippen LogP contribution in [0.25, 0.3) is 22.4 Å². The third-order valence-corrected chi connectivity index (χ3v) is 5.20. The molecule has 4 rings (SSSR count). The number of carbonyl (C=O) groups is 1. The first-order chi connectivity index (χ1) is 13.0. The molecule has 2 aromatic carbocycles. The van der Waals surface area contributed by atoms with Gasteiger partial charge in [0.05, 0.1) is 17.7 Å². The van der Waals surface area contributed by atoms with Crippen LogP contribution in [0.3, 0.4) is 0 Å². The number of amides is 1. The second-order valence-electron chi connectivity index (χ2n) is 5.61. The van der Waals surface area contributed by atoms with Gasteiger partial charge in [0.15, 0.2) is 22.2 Å². The second kappa shape index (κ2) is 7.23. The first kappa shape index (κ1) is 17.9. The van der Waals surface area contributed by atoms with Crippen molar-refractivity contribution in [1.29, 1.82) is 0 Å². The average Bonchev–Trinajstić information content (AvgIpc) is 3.29. The molecule has 1 amide bonds. The number of nitrogens with zero attached hydrogens (tertiary/aromatic N) is 1. The van der Waals surface area contributed by atoms with Gasteiger partial charge in [0.2, 0.25) is 0 Å². The van der Waals surface area contributed by atoms with Crippen molar-refractivity contribution in [3.05, 3.63) is 63.5 Å². The number of para-hydroxylation sites is 1. The van der Waals surface area contributed by atoms with E-state index in [2.05, 4.69) is 10.3 Å². The van der Waals surface area contributed by atoms with Crippen molar-refractivity contribution in [3.63, 3.8) is 0 Å². The molecule has 4 aromatic rings. The lowest BCUT2D eigenvalue weighted by Crippen LogP contribution is -2.12. The Balaban J connectivity index is 1.60. The predicted molar refractivity (Wildman–Crippen MR) is 108 cm³/mol. The lowest BCUT2D eigenvalue weighted by atomic mass is 10.2. The van der Waals surface area contributed by atoms with E-state index in [1.54, 1.807) is 24.6 Å². The molecule has 0 saturated carbocycles. The Morgan fingerprint density at radius 3 is 2.89 bits per heavy atom. The van der Waals surface area contributed by atoms with E-state index < -0.39 is 0 Å². The minimum atomic E-state index is -0.380. The van der Waals surface area contributed by atoms with E-state index in [1.165, 1.54) is 17.4 Å². The van der Waals surface area contributed by atoms with Gasteiger partial charge in [-0.1, -0.05) is 35.3 Å². The number of nitrogens with one attached hydrogen (secondary N) is 1. The van der Waals surface area contributed by atoms with Gasteiger partial charge >= 0.3 is 0 Å². The molecule has 0 fully saturated rings. The molecule has 0 saturated heterocycles. The van der Waals surface area contributed by atoms with E-state index in [0.29, 0.717) is 38.0 Å². The summed E-state index contributed by atoms with van der Waals surface area (Å²) in [7, 11) is 1.59. The smallest absolute Gasteiger partial charge is 0.259 e. The van der Waals surface area contributed by atoms with Gasteiger partial charge in [-0.25, -0.2) is 4.98 Å². The van der Waals surface area contributed by atoms with E-state index in [-0.39, 0.29) is 11.5 Å². The molecular weight excluding hydrogens is 407 g/mol. The van der Waals surface area contributed by atoms with Crippen LogP contribution in [0.15, 0.2) is 52.3 Å². The Kier molecular flexibility index (Phi) is 4.78. The van der Waals surface area contributed by atoms with Crippen molar-refractivity contribution in [2.24, 2.45) is 0 Å². The van der Waals surface area contributed by atoms with Gasteiger partial charge in [-0.2, -0.15) is 0 Å². The molecule has 136 valence electrons. The number of carbonyl (C=O) groups excluding carboxylic acids is 1. The Morgan fingerprint density at radius 2 is 2.07 bits per heavy atom. The zero-order chi connectivity index (χ0) is 19.0. The quantitative estimate of drug-likeness (QED) is 0.433. The first-order valence-electron chi connectivity index (χ1n) is 7.84. The number of methoxy groups -OCH3 is 1. The van der Waals surface area contributed by atoms with Gasteiger partial charge in [0.1, 0.15) is 5.69 Å². The van der Waals surface area contributed by atoms with Crippen LogP contribution in [0.5, 0.6) is 5.75 Å². The minimum absolute atomic E-state index is 0.286. The monoisotopic (exact) mass is 418 g/mol. The summed E-state index contributed by atoms with van der Waals surface area (Å²) in [6, 6.07) is 12.2. The van der Waals surface area contributed by atoms with Crippen LogP contribution in [0.4, 0.5) is 5.13 Å². The molecule has 27 heavy (non-hydrogen) atoms. The highest BCUT2D eigenvalue weighted by Gasteiger charge is 2.16. The number of fused-ring (bicyclic) bond motifs is 1. The largest absolute Gasteiger partial charge is 0.493 e. The SMILES string of the molecule is COc1cccc2cc(-c3csc(NC(=O)c4cc(Cl)ccc4Cl)n3)oc12. The Morgan fingerprint density at radius 1 is 1.22 bits per heavy atom. The maximum absolute atomic E-state index is 12.4. The number of benzene rings is 2. The summed E-state index contributed by atoms with van der Waals surface area (Å²) < 4.78 is 11.2. The molecule has 5 nitrogen and oxygen atoms in total. The lowest BCUT2D eigenvalue weighted by Gasteiger charge is -2.04. The summed E-state index contributed by atoms with van der Waals surface area (Å²) in [5.41, 5.74) is 1.56. The van der Waals surface area contributed by atoms with Gasteiger partial charge in [-0.15, -0.1) is 11.3 Å². The number of halogens is 2. The van der Waals surface area contributed by atoms with Crippen molar-refractivity contribution >= 4 is 56.5 Å². The molecule has 0 unspecified atom stereocenters. The highest BCUT2D eigenvalue weighted by Crippen LogP contribution is 2.34. The standard InChI is InChI=1S/C19H12Cl2N2O3S/c1-25-15-4-2-3-10-7-16(26-17(10)15)14-9-27-19(22-14)23-18(24)12-8-11(20)5-6-13(12)21/h2-9H,1H3,(H,22,23,24).